The largest absolute Gasteiger partial charge is 0.450 e. The van der Waals surface area contributed by atoms with E-state index in [0.717, 1.165) is 37.0 Å². The van der Waals surface area contributed by atoms with Crippen LogP contribution < -0.4 is 15.5 Å². The summed E-state index contributed by atoms with van der Waals surface area (Å²) in [6.07, 6.45) is 1.12. The lowest BCUT2D eigenvalue weighted by Crippen LogP contribution is -2.54. The molecule has 0 radical (unpaired) electrons. The normalized spacial score (nSPS) is 16.8. The van der Waals surface area contributed by atoms with Gasteiger partial charge < -0.3 is 19.9 Å². The molecule has 2 aliphatic rings. The lowest BCUT2D eigenvalue weighted by molar-refractivity contribution is -0.134. The fourth-order valence-electron chi connectivity index (χ4n) is 2.75. The number of aromatic nitrogens is 1. The molecule has 3 heterocycles. The summed E-state index contributed by atoms with van der Waals surface area (Å²) in [4.78, 5) is 32.0. The van der Waals surface area contributed by atoms with Gasteiger partial charge in [0.25, 0.3) is 0 Å². The molecule has 0 atom stereocenters. The third kappa shape index (κ3) is 4.55. The zero-order valence-corrected chi connectivity index (χ0v) is 16.1. The van der Waals surface area contributed by atoms with Crippen molar-refractivity contribution in [3.63, 3.8) is 0 Å². The monoisotopic (exact) mass is 395 g/mol. The SMILES string of the molecule is CCOC(=O)NC(=S)Nc1ccc(N2CC(C(=O)N3CCSC3)C2)cn1. The van der Waals surface area contributed by atoms with E-state index < -0.39 is 6.09 Å². The van der Waals surface area contributed by atoms with E-state index in [2.05, 4.69) is 20.5 Å². The third-order valence-corrected chi connectivity index (χ3v) is 5.31. The summed E-state index contributed by atoms with van der Waals surface area (Å²) >= 11 is 6.83. The van der Waals surface area contributed by atoms with Crippen molar-refractivity contribution in [2.45, 2.75) is 6.92 Å². The Hall–Kier alpha value is -2.07. The molecule has 0 aromatic carbocycles. The molecule has 2 amide bonds. The highest BCUT2D eigenvalue weighted by atomic mass is 32.2. The van der Waals surface area contributed by atoms with Crippen LogP contribution in [0, 0.1) is 5.92 Å². The molecule has 140 valence electrons. The quantitative estimate of drug-likeness (QED) is 0.742. The summed E-state index contributed by atoms with van der Waals surface area (Å²) in [5.74, 6) is 2.71. The second-order valence-electron chi connectivity index (χ2n) is 5.94. The molecule has 0 saturated carbocycles. The minimum absolute atomic E-state index is 0.0767. The topological polar surface area (TPSA) is 86.8 Å². The van der Waals surface area contributed by atoms with Crippen molar-refractivity contribution in [3.05, 3.63) is 18.3 Å². The van der Waals surface area contributed by atoms with Crippen LogP contribution in [-0.4, -0.2) is 64.9 Å². The van der Waals surface area contributed by atoms with Gasteiger partial charge in [-0.05, 0) is 31.3 Å². The van der Waals surface area contributed by atoms with Crippen LogP contribution in [-0.2, 0) is 9.53 Å². The Labute approximate surface area is 161 Å². The molecule has 8 nitrogen and oxygen atoms in total. The number of amides is 2. The predicted molar refractivity (Wildman–Crippen MR) is 105 cm³/mol. The van der Waals surface area contributed by atoms with Crippen LogP contribution >= 0.6 is 24.0 Å². The minimum atomic E-state index is -0.602. The molecule has 1 aromatic heterocycles. The van der Waals surface area contributed by atoms with E-state index in [1.807, 2.05) is 11.0 Å². The maximum absolute atomic E-state index is 12.3. The number of rotatable bonds is 4. The number of ether oxygens (including phenoxy) is 1. The Bertz CT molecular complexity index is 673. The second-order valence-corrected chi connectivity index (χ2v) is 7.43. The number of pyridine rings is 1. The van der Waals surface area contributed by atoms with Crippen LogP contribution in [0.25, 0.3) is 0 Å². The highest BCUT2D eigenvalue weighted by Gasteiger charge is 2.36. The number of carbonyl (C=O) groups excluding carboxylic acids is 2. The smallest absolute Gasteiger partial charge is 0.413 e. The fraction of sp³-hybridized carbons (Fsp3) is 0.500. The highest BCUT2D eigenvalue weighted by molar-refractivity contribution is 7.99. The van der Waals surface area contributed by atoms with Crippen LogP contribution in [0.4, 0.5) is 16.3 Å². The molecular formula is C16H21N5O3S2. The summed E-state index contributed by atoms with van der Waals surface area (Å²) in [5.41, 5.74) is 0.958. The van der Waals surface area contributed by atoms with Crippen LogP contribution in [0.5, 0.6) is 0 Å². The molecule has 3 rings (SSSR count). The molecule has 2 fully saturated rings. The Kier molecular flexibility index (Phi) is 6.15. The molecule has 0 unspecified atom stereocenters. The van der Waals surface area contributed by atoms with Crippen molar-refractivity contribution in [3.8, 4) is 0 Å². The lowest BCUT2D eigenvalue weighted by atomic mass is 9.98. The zero-order chi connectivity index (χ0) is 18.5. The summed E-state index contributed by atoms with van der Waals surface area (Å²) in [6, 6.07) is 3.69. The van der Waals surface area contributed by atoms with Gasteiger partial charge in [-0.2, -0.15) is 0 Å². The van der Waals surface area contributed by atoms with Gasteiger partial charge in [-0.25, -0.2) is 9.78 Å². The van der Waals surface area contributed by atoms with E-state index in [9.17, 15) is 9.59 Å². The van der Waals surface area contributed by atoms with Crippen LogP contribution in [0.3, 0.4) is 0 Å². The molecule has 2 N–H and O–H groups in total. The first-order chi connectivity index (χ1) is 12.6. The van der Waals surface area contributed by atoms with Crippen molar-refractivity contribution >= 4 is 52.6 Å². The average Bonchev–Trinajstić information content (AvgIpc) is 3.09. The van der Waals surface area contributed by atoms with E-state index >= 15 is 0 Å². The van der Waals surface area contributed by atoms with Crippen LogP contribution in [0.1, 0.15) is 6.92 Å². The maximum Gasteiger partial charge on any atom is 0.413 e. The third-order valence-electron chi connectivity index (χ3n) is 4.14. The number of hydrogen-bond acceptors (Lipinski definition) is 7. The van der Waals surface area contributed by atoms with E-state index in [4.69, 9.17) is 17.0 Å². The molecule has 2 saturated heterocycles. The summed E-state index contributed by atoms with van der Waals surface area (Å²) in [5, 5.41) is 5.35. The Morgan fingerprint density at radius 1 is 1.42 bits per heavy atom. The van der Waals surface area contributed by atoms with Crippen LogP contribution in [0.15, 0.2) is 18.3 Å². The van der Waals surface area contributed by atoms with Crippen molar-refractivity contribution in [1.29, 1.82) is 0 Å². The van der Waals surface area contributed by atoms with E-state index in [1.165, 1.54) is 0 Å². The van der Waals surface area contributed by atoms with Gasteiger partial charge in [-0.3, -0.25) is 10.1 Å². The lowest BCUT2D eigenvalue weighted by Gasteiger charge is -2.41. The maximum atomic E-state index is 12.3. The Morgan fingerprint density at radius 2 is 2.23 bits per heavy atom. The summed E-state index contributed by atoms with van der Waals surface area (Å²) in [7, 11) is 0. The van der Waals surface area contributed by atoms with Crippen molar-refractivity contribution in [2.24, 2.45) is 5.92 Å². The van der Waals surface area contributed by atoms with Crippen molar-refractivity contribution in [2.75, 3.05) is 48.1 Å². The van der Waals surface area contributed by atoms with Gasteiger partial charge in [-0.1, -0.05) is 0 Å². The van der Waals surface area contributed by atoms with E-state index in [0.29, 0.717) is 5.82 Å². The predicted octanol–water partition coefficient (Wildman–Crippen LogP) is 1.49. The molecule has 0 bridgehead atoms. The number of thiocarbonyl (C=S) groups is 1. The standard InChI is InChI=1S/C16H21N5O3S2/c1-2-24-16(23)19-15(25)18-13-4-3-12(7-17-13)21-8-11(9-21)14(22)20-5-6-26-10-20/h3-4,7,11H,2,5-6,8-10H2,1H3,(H2,17,18,19,23,25). The minimum Gasteiger partial charge on any atom is -0.450 e. The Morgan fingerprint density at radius 3 is 2.85 bits per heavy atom. The molecule has 1 aromatic rings. The number of hydrogen-bond donors (Lipinski definition) is 2. The van der Waals surface area contributed by atoms with Crippen molar-refractivity contribution < 1.29 is 14.3 Å². The molecule has 0 spiro atoms. The number of carbonyl (C=O) groups is 2. The fourth-order valence-corrected chi connectivity index (χ4v) is 3.89. The van der Waals surface area contributed by atoms with Gasteiger partial charge in [0.2, 0.25) is 5.91 Å². The number of anilines is 2. The van der Waals surface area contributed by atoms with Gasteiger partial charge >= 0.3 is 6.09 Å². The number of nitrogens with one attached hydrogen (secondary N) is 2. The summed E-state index contributed by atoms with van der Waals surface area (Å²) in [6.45, 7) is 4.29. The summed E-state index contributed by atoms with van der Waals surface area (Å²) < 4.78 is 4.75. The molecule has 2 aliphatic heterocycles. The van der Waals surface area contributed by atoms with E-state index in [1.54, 1.807) is 30.9 Å². The number of alkyl carbamates (subject to hydrolysis) is 1. The van der Waals surface area contributed by atoms with Gasteiger partial charge in [0.15, 0.2) is 5.11 Å². The molecule has 0 aliphatic carbocycles. The Balaban J connectivity index is 1.46. The average molecular weight is 396 g/mol. The second kappa shape index (κ2) is 8.54. The first kappa shape index (κ1) is 18.7. The first-order valence-electron chi connectivity index (χ1n) is 8.39. The van der Waals surface area contributed by atoms with Crippen molar-refractivity contribution in [1.82, 2.24) is 15.2 Å². The van der Waals surface area contributed by atoms with E-state index in [-0.39, 0.29) is 23.5 Å². The molecular weight excluding hydrogens is 374 g/mol. The van der Waals surface area contributed by atoms with Gasteiger partial charge in [0, 0.05) is 25.4 Å². The highest BCUT2D eigenvalue weighted by Crippen LogP contribution is 2.27. The van der Waals surface area contributed by atoms with Crippen LogP contribution in [0.2, 0.25) is 0 Å². The number of thioether (sulfide) groups is 1. The van der Waals surface area contributed by atoms with Gasteiger partial charge in [0.05, 0.1) is 30.3 Å². The first-order valence-corrected chi connectivity index (χ1v) is 9.95. The van der Waals surface area contributed by atoms with Gasteiger partial charge in [-0.15, -0.1) is 11.8 Å². The molecule has 10 heteroatoms. The molecule has 26 heavy (non-hydrogen) atoms. The zero-order valence-electron chi connectivity index (χ0n) is 14.4. The number of nitrogens with zero attached hydrogens (tertiary/aromatic N) is 3. The van der Waals surface area contributed by atoms with Gasteiger partial charge in [0.1, 0.15) is 5.82 Å².